The molecule has 0 saturated carbocycles. The first-order valence-corrected chi connectivity index (χ1v) is 10.8. The third-order valence-electron chi connectivity index (χ3n) is 5.01. The Morgan fingerprint density at radius 3 is 2.24 bits per heavy atom. The first-order chi connectivity index (χ1) is 16.3. The van der Waals surface area contributed by atoms with E-state index >= 15 is 0 Å². The summed E-state index contributed by atoms with van der Waals surface area (Å²) in [6, 6.07) is 14.1. The third-order valence-corrected chi connectivity index (χ3v) is 5.01. The van der Waals surface area contributed by atoms with Crippen molar-refractivity contribution in [3.8, 4) is 11.5 Å². The molecule has 0 saturated heterocycles. The van der Waals surface area contributed by atoms with Gasteiger partial charge in [-0.15, -0.1) is 0 Å². The summed E-state index contributed by atoms with van der Waals surface area (Å²) in [5.41, 5.74) is 0.695. The van der Waals surface area contributed by atoms with Gasteiger partial charge in [-0.05, 0) is 55.8 Å². The molecule has 0 spiro atoms. The molecular formula is C26H25F2NO5. The fourth-order valence-corrected chi connectivity index (χ4v) is 3.35. The number of carbonyl (C=O) groups excluding carboxylic acids is 2. The molecule has 0 radical (unpaired) electrons. The van der Waals surface area contributed by atoms with E-state index in [2.05, 4.69) is 5.32 Å². The Hall–Kier alpha value is -3.78. The van der Waals surface area contributed by atoms with Crippen molar-refractivity contribution in [2.45, 2.75) is 20.0 Å². The van der Waals surface area contributed by atoms with Gasteiger partial charge in [-0.25, -0.2) is 8.78 Å². The average molecular weight is 469 g/mol. The molecule has 34 heavy (non-hydrogen) atoms. The maximum Gasteiger partial charge on any atom is 0.252 e. The number of nitrogens with one attached hydrogen (secondary N) is 1. The van der Waals surface area contributed by atoms with Crippen molar-refractivity contribution in [2.75, 3.05) is 19.8 Å². The van der Waals surface area contributed by atoms with Crippen LogP contribution in [0.5, 0.6) is 11.5 Å². The Morgan fingerprint density at radius 2 is 1.56 bits per heavy atom. The molecule has 3 rings (SSSR count). The fraction of sp³-hybridized carbons (Fsp3) is 0.231. The Bertz CT molecular complexity index is 1180. The van der Waals surface area contributed by atoms with Crippen LogP contribution in [0.1, 0.15) is 51.8 Å². The standard InChI is InChI=1S/C26H25F2NO5/c1-3-33-23-12-10-17(14-24(23)34-4-2)25(31)18-7-5-6-8-19(18)26(32)29-15-22(30)16-9-11-20(27)21(28)13-16/h5-14,22,30H,3-4,15H2,1-2H3,(H,29,32). The largest absolute Gasteiger partial charge is 0.490 e. The predicted molar refractivity (Wildman–Crippen MR) is 122 cm³/mol. The SMILES string of the molecule is CCOc1ccc(C(=O)c2ccccc2C(=O)NCC(O)c2ccc(F)c(F)c2)cc1OCC. The zero-order valence-corrected chi connectivity index (χ0v) is 18.8. The van der Waals surface area contributed by atoms with Gasteiger partial charge < -0.3 is 19.9 Å². The number of benzene rings is 3. The van der Waals surface area contributed by atoms with Crippen LogP contribution in [-0.2, 0) is 0 Å². The third kappa shape index (κ3) is 5.77. The zero-order valence-electron chi connectivity index (χ0n) is 18.8. The van der Waals surface area contributed by atoms with Crippen LogP contribution in [0, 0.1) is 11.6 Å². The van der Waals surface area contributed by atoms with Crippen molar-refractivity contribution in [3.05, 3.63) is 94.6 Å². The van der Waals surface area contributed by atoms with E-state index in [1.165, 1.54) is 18.2 Å². The molecule has 3 aromatic rings. The van der Waals surface area contributed by atoms with Crippen molar-refractivity contribution in [2.24, 2.45) is 0 Å². The lowest BCUT2D eigenvalue weighted by atomic mass is 9.97. The zero-order chi connectivity index (χ0) is 24.7. The highest BCUT2D eigenvalue weighted by molar-refractivity contribution is 6.15. The van der Waals surface area contributed by atoms with Crippen molar-refractivity contribution in [1.29, 1.82) is 0 Å². The van der Waals surface area contributed by atoms with Gasteiger partial charge in [-0.1, -0.05) is 24.3 Å². The minimum Gasteiger partial charge on any atom is -0.490 e. The molecule has 1 amide bonds. The number of rotatable bonds is 10. The normalized spacial score (nSPS) is 11.6. The van der Waals surface area contributed by atoms with Crippen molar-refractivity contribution < 1.29 is 33.0 Å². The average Bonchev–Trinajstić information content (AvgIpc) is 2.85. The molecule has 8 heteroatoms. The first kappa shape index (κ1) is 24.9. The van der Waals surface area contributed by atoms with Crippen LogP contribution in [0.25, 0.3) is 0 Å². The Morgan fingerprint density at radius 1 is 0.882 bits per heavy atom. The molecule has 0 fully saturated rings. The number of halogens is 2. The van der Waals surface area contributed by atoms with Crippen LogP contribution >= 0.6 is 0 Å². The van der Waals surface area contributed by atoms with Crippen LogP contribution in [0.3, 0.4) is 0 Å². The van der Waals surface area contributed by atoms with Gasteiger partial charge in [0.25, 0.3) is 5.91 Å². The van der Waals surface area contributed by atoms with Gasteiger partial charge in [0, 0.05) is 17.7 Å². The molecule has 178 valence electrons. The van der Waals surface area contributed by atoms with E-state index in [9.17, 15) is 23.5 Å². The molecule has 0 bridgehead atoms. The predicted octanol–water partition coefficient (Wildman–Crippen LogP) is 4.46. The maximum atomic E-state index is 13.4. The molecule has 0 aliphatic heterocycles. The molecule has 0 aromatic heterocycles. The van der Waals surface area contributed by atoms with Crippen molar-refractivity contribution >= 4 is 11.7 Å². The second-order valence-electron chi connectivity index (χ2n) is 7.30. The number of ether oxygens (including phenoxy) is 2. The number of ketones is 1. The summed E-state index contributed by atoms with van der Waals surface area (Å²) in [4.78, 5) is 26.0. The van der Waals surface area contributed by atoms with E-state index in [4.69, 9.17) is 9.47 Å². The van der Waals surface area contributed by atoms with E-state index in [-0.39, 0.29) is 23.2 Å². The van der Waals surface area contributed by atoms with E-state index in [0.717, 1.165) is 12.1 Å². The molecule has 2 N–H and O–H groups in total. The monoisotopic (exact) mass is 469 g/mol. The van der Waals surface area contributed by atoms with Crippen molar-refractivity contribution in [3.63, 3.8) is 0 Å². The lowest BCUT2D eigenvalue weighted by molar-refractivity contribution is 0.0908. The molecule has 3 aromatic carbocycles. The van der Waals surface area contributed by atoms with Crippen LogP contribution < -0.4 is 14.8 Å². The Balaban J connectivity index is 1.79. The summed E-state index contributed by atoms with van der Waals surface area (Å²) in [6.07, 6.45) is -1.26. The van der Waals surface area contributed by atoms with Crippen molar-refractivity contribution in [1.82, 2.24) is 5.32 Å². The number of carbonyl (C=O) groups is 2. The summed E-state index contributed by atoms with van der Waals surface area (Å²) in [5, 5.41) is 12.8. The van der Waals surface area contributed by atoms with Gasteiger partial charge in [-0.2, -0.15) is 0 Å². The second kappa shape index (κ2) is 11.4. The lowest BCUT2D eigenvalue weighted by Crippen LogP contribution is -2.29. The number of amides is 1. The van der Waals surface area contributed by atoms with Crippen LogP contribution in [0.4, 0.5) is 8.78 Å². The summed E-state index contributed by atoms with van der Waals surface area (Å²) in [5.74, 6) is -2.18. The van der Waals surface area contributed by atoms with Crippen LogP contribution in [-0.4, -0.2) is 36.6 Å². The molecule has 1 unspecified atom stereocenters. The number of hydrogen-bond acceptors (Lipinski definition) is 5. The van der Waals surface area contributed by atoms with E-state index in [0.29, 0.717) is 30.3 Å². The summed E-state index contributed by atoms with van der Waals surface area (Å²) in [6.45, 7) is 4.22. The lowest BCUT2D eigenvalue weighted by Gasteiger charge is -2.15. The Labute approximate surface area is 196 Å². The molecule has 0 aliphatic rings. The second-order valence-corrected chi connectivity index (χ2v) is 7.30. The number of aliphatic hydroxyl groups is 1. The molecule has 1 atom stereocenters. The summed E-state index contributed by atoms with van der Waals surface area (Å²) < 4.78 is 37.6. The minimum atomic E-state index is -1.26. The smallest absolute Gasteiger partial charge is 0.252 e. The van der Waals surface area contributed by atoms with Crippen LogP contribution in [0.15, 0.2) is 60.7 Å². The minimum absolute atomic E-state index is 0.108. The molecular weight excluding hydrogens is 444 g/mol. The summed E-state index contributed by atoms with van der Waals surface area (Å²) in [7, 11) is 0. The van der Waals surface area contributed by atoms with Gasteiger partial charge in [-0.3, -0.25) is 9.59 Å². The topological polar surface area (TPSA) is 84.9 Å². The van der Waals surface area contributed by atoms with E-state index < -0.39 is 29.4 Å². The van der Waals surface area contributed by atoms with Gasteiger partial charge in [0.15, 0.2) is 28.9 Å². The molecule has 0 aliphatic carbocycles. The molecule has 0 heterocycles. The summed E-state index contributed by atoms with van der Waals surface area (Å²) >= 11 is 0. The first-order valence-electron chi connectivity index (χ1n) is 10.8. The Kier molecular flexibility index (Phi) is 8.32. The highest BCUT2D eigenvalue weighted by Crippen LogP contribution is 2.30. The quantitative estimate of drug-likeness (QED) is 0.429. The number of aliphatic hydroxyl groups excluding tert-OH is 1. The van der Waals surface area contributed by atoms with Gasteiger partial charge in [0.1, 0.15) is 0 Å². The van der Waals surface area contributed by atoms with E-state index in [1.54, 1.807) is 30.3 Å². The highest BCUT2D eigenvalue weighted by atomic mass is 19.2. The molecule has 6 nitrogen and oxygen atoms in total. The van der Waals surface area contributed by atoms with Gasteiger partial charge >= 0.3 is 0 Å². The highest BCUT2D eigenvalue weighted by Gasteiger charge is 2.20. The van der Waals surface area contributed by atoms with Crippen LogP contribution in [0.2, 0.25) is 0 Å². The maximum absolute atomic E-state index is 13.4. The number of hydrogen-bond donors (Lipinski definition) is 2. The fourth-order valence-electron chi connectivity index (χ4n) is 3.35. The van der Waals surface area contributed by atoms with Gasteiger partial charge in [0.05, 0.1) is 24.9 Å². The van der Waals surface area contributed by atoms with Gasteiger partial charge in [0.2, 0.25) is 0 Å². The van der Waals surface area contributed by atoms with E-state index in [1.807, 2.05) is 13.8 Å².